The lowest BCUT2D eigenvalue weighted by Crippen LogP contribution is -2.30. The van der Waals surface area contributed by atoms with Crippen molar-refractivity contribution in [1.29, 1.82) is 0 Å². The van der Waals surface area contributed by atoms with E-state index in [9.17, 15) is 4.79 Å². The summed E-state index contributed by atoms with van der Waals surface area (Å²) in [5, 5.41) is 2.98. The van der Waals surface area contributed by atoms with Crippen molar-refractivity contribution in [1.82, 2.24) is 4.90 Å². The van der Waals surface area contributed by atoms with Crippen LogP contribution in [0.15, 0.2) is 42.5 Å². The fourth-order valence-corrected chi connectivity index (χ4v) is 2.98. The van der Waals surface area contributed by atoms with E-state index in [1.165, 1.54) is 14.7 Å². The fraction of sp³-hybridized carbons (Fsp3) is 0.278. The second-order valence-corrected chi connectivity index (χ2v) is 6.85. The van der Waals surface area contributed by atoms with Gasteiger partial charge in [-0.1, -0.05) is 24.3 Å². The molecule has 2 aromatic rings. The molecule has 0 bridgehead atoms. The van der Waals surface area contributed by atoms with Gasteiger partial charge in [-0.05, 0) is 78.4 Å². The summed E-state index contributed by atoms with van der Waals surface area (Å²) in [6, 6.07) is 14.3. The highest BCUT2D eigenvalue weighted by Crippen LogP contribution is 2.17. The second kappa shape index (κ2) is 7.74. The van der Waals surface area contributed by atoms with Crippen molar-refractivity contribution in [3.05, 3.63) is 62.7 Å². The van der Waals surface area contributed by atoms with Gasteiger partial charge in [0, 0.05) is 15.8 Å². The Kier molecular flexibility index (Phi) is 5.97. The zero-order chi connectivity index (χ0) is 16.1. The third-order valence-corrected chi connectivity index (χ3v) is 4.25. The van der Waals surface area contributed by atoms with Crippen LogP contribution in [0.2, 0.25) is 0 Å². The molecule has 0 spiro atoms. The first-order chi connectivity index (χ1) is 10.5. The number of halogens is 1. The van der Waals surface area contributed by atoms with Crippen molar-refractivity contribution in [2.75, 3.05) is 18.9 Å². The van der Waals surface area contributed by atoms with Crippen LogP contribution in [0.3, 0.4) is 0 Å². The Balaban J connectivity index is 1.93. The van der Waals surface area contributed by atoms with E-state index in [-0.39, 0.29) is 5.91 Å². The van der Waals surface area contributed by atoms with Crippen LogP contribution in [-0.4, -0.2) is 24.4 Å². The topological polar surface area (TPSA) is 32.3 Å². The Bertz CT molecular complexity index is 670. The molecule has 22 heavy (non-hydrogen) atoms. The maximum absolute atomic E-state index is 12.2. The first-order valence-corrected chi connectivity index (χ1v) is 8.32. The molecule has 0 atom stereocenters. The number of likely N-dealkylation sites (N-methyl/N-ethyl adjacent to an activating group) is 1. The molecule has 0 saturated heterocycles. The third-order valence-electron chi connectivity index (χ3n) is 3.58. The third kappa shape index (κ3) is 4.81. The number of amides is 1. The van der Waals surface area contributed by atoms with E-state index in [1.54, 1.807) is 0 Å². The highest BCUT2D eigenvalue weighted by molar-refractivity contribution is 14.1. The molecular formula is C18H21IN2O. The van der Waals surface area contributed by atoms with E-state index in [4.69, 9.17) is 0 Å². The highest BCUT2D eigenvalue weighted by Gasteiger charge is 2.09. The van der Waals surface area contributed by atoms with E-state index in [2.05, 4.69) is 53.0 Å². The Hall–Kier alpha value is -1.40. The summed E-state index contributed by atoms with van der Waals surface area (Å²) in [5.41, 5.74) is 4.47. The molecule has 0 aliphatic rings. The van der Waals surface area contributed by atoms with Crippen LogP contribution >= 0.6 is 22.6 Å². The molecule has 0 aliphatic heterocycles. The van der Waals surface area contributed by atoms with Crippen LogP contribution in [0.4, 0.5) is 5.69 Å². The van der Waals surface area contributed by atoms with Crippen molar-refractivity contribution in [2.45, 2.75) is 20.4 Å². The standard InChI is InChI=1S/C18H21IN2O/c1-13-6-4-5-7-15(13)11-21(3)12-18(22)20-17-9-8-16(19)10-14(17)2/h4-10H,11-12H2,1-3H3,(H,20,22). The molecule has 116 valence electrons. The molecule has 4 heteroatoms. The summed E-state index contributed by atoms with van der Waals surface area (Å²) in [5.74, 6) is 0.0143. The van der Waals surface area contributed by atoms with Crippen molar-refractivity contribution < 1.29 is 4.79 Å². The maximum Gasteiger partial charge on any atom is 0.238 e. The number of anilines is 1. The predicted molar refractivity (Wildman–Crippen MR) is 100 cm³/mol. The largest absolute Gasteiger partial charge is 0.325 e. The summed E-state index contributed by atoms with van der Waals surface area (Å²) in [6.07, 6.45) is 0. The average Bonchev–Trinajstić information content (AvgIpc) is 2.44. The van der Waals surface area contributed by atoms with Crippen LogP contribution in [-0.2, 0) is 11.3 Å². The number of hydrogen-bond donors (Lipinski definition) is 1. The Morgan fingerprint density at radius 2 is 1.86 bits per heavy atom. The first kappa shape index (κ1) is 17.0. The van der Waals surface area contributed by atoms with Crippen molar-refractivity contribution >= 4 is 34.2 Å². The SMILES string of the molecule is Cc1ccccc1CN(C)CC(=O)Nc1ccc(I)cc1C. The second-order valence-electron chi connectivity index (χ2n) is 5.61. The Labute approximate surface area is 145 Å². The molecule has 0 radical (unpaired) electrons. The minimum atomic E-state index is 0.0143. The molecule has 3 nitrogen and oxygen atoms in total. The molecule has 0 fully saturated rings. The van der Waals surface area contributed by atoms with Gasteiger partial charge in [0.15, 0.2) is 0 Å². The zero-order valence-electron chi connectivity index (χ0n) is 13.2. The number of hydrogen-bond acceptors (Lipinski definition) is 2. The Morgan fingerprint density at radius 1 is 1.14 bits per heavy atom. The number of rotatable bonds is 5. The van der Waals surface area contributed by atoms with Gasteiger partial charge >= 0.3 is 0 Å². The van der Waals surface area contributed by atoms with Gasteiger partial charge in [0.25, 0.3) is 0 Å². The van der Waals surface area contributed by atoms with Crippen molar-refractivity contribution in [3.63, 3.8) is 0 Å². The summed E-state index contributed by atoms with van der Waals surface area (Å²) < 4.78 is 1.17. The predicted octanol–water partition coefficient (Wildman–Crippen LogP) is 3.98. The van der Waals surface area contributed by atoms with Gasteiger partial charge in [0.2, 0.25) is 5.91 Å². The maximum atomic E-state index is 12.2. The summed E-state index contributed by atoms with van der Waals surface area (Å²) in [4.78, 5) is 14.2. The van der Waals surface area contributed by atoms with Crippen LogP contribution < -0.4 is 5.32 Å². The Morgan fingerprint density at radius 3 is 2.55 bits per heavy atom. The quantitative estimate of drug-likeness (QED) is 0.760. The van der Waals surface area contributed by atoms with Gasteiger partial charge in [-0.25, -0.2) is 0 Å². The molecule has 0 heterocycles. The van der Waals surface area contributed by atoms with Gasteiger partial charge in [-0.15, -0.1) is 0 Å². The molecule has 0 saturated carbocycles. The molecule has 0 aromatic heterocycles. The summed E-state index contributed by atoms with van der Waals surface area (Å²) in [7, 11) is 1.97. The lowest BCUT2D eigenvalue weighted by atomic mass is 10.1. The lowest BCUT2D eigenvalue weighted by Gasteiger charge is -2.18. The first-order valence-electron chi connectivity index (χ1n) is 7.25. The van der Waals surface area contributed by atoms with Gasteiger partial charge in [-0.3, -0.25) is 9.69 Å². The van der Waals surface area contributed by atoms with Crippen LogP contribution in [0.1, 0.15) is 16.7 Å². The van der Waals surface area contributed by atoms with Gasteiger partial charge in [0.1, 0.15) is 0 Å². The fourth-order valence-electron chi connectivity index (χ4n) is 2.34. The molecular weight excluding hydrogens is 387 g/mol. The molecule has 2 rings (SSSR count). The molecule has 0 unspecified atom stereocenters. The van der Waals surface area contributed by atoms with Gasteiger partial charge < -0.3 is 5.32 Å². The minimum absolute atomic E-state index is 0.0143. The minimum Gasteiger partial charge on any atom is -0.325 e. The van der Waals surface area contributed by atoms with Crippen molar-refractivity contribution in [2.24, 2.45) is 0 Å². The number of carbonyl (C=O) groups is 1. The van der Waals surface area contributed by atoms with Gasteiger partial charge in [0.05, 0.1) is 6.54 Å². The number of nitrogens with one attached hydrogen (secondary N) is 1. The number of carbonyl (C=O) groups excluding carboxylic acids is 1. The van der Waals surface area contributed by atoms with E-state index in [0.717, 1.165) is 17.8 Å². The van der Waals surface area contributed by atoms with Crippen molar-refractivity contribution in [3.8, 4) is 0 Å². The molecule has 1 N–H and O–H groups in total. The van der Waals surface area contributed by atoms with Crippen LogP contribution in [0.25, 0.3) is 0 Å². The molecule has 1 amide bonds. The van der Waals surface area contributed by atoms with Crippen LogP contribution in [0.5, 0.6) is 0 Å². The van der Waals surface area contributed by atoms with E-state index < -0.39 is 0 Å². The van der Waals surface area contributed by atoms with Crippen LogP contribution in [0, 0.1) is 17.4 Å². The smallest absolute Gasteiger partial charge is 0.238 e. The zero-order valence-corrected chi connectivity index (χ0v) is 15.3. The van der Waals surface area contributed by atoms with Gasteiger partial charge in [-0.2, -0.15) is 0 Å². The lowest BCUT2D eigenvalue weighted by molar-refractivity contribution is -0.117. The van der Waals surface area contributed by atoms with E-state index >= 15 is 0 Å². The van der Waals surface area contributed by atoms with E-state index in [0.29, 0.717) is 6.54 Å². The van der Waals surface area contributed by atoms with E-state index in [1.807, 2.05) is 43.1 Å². The number of aryl methyl sites for hydroxylation is 2. The normalized spacial score (nSPS) is 10.8. The number of benzene rings is 2. The summed E-state index contributed by atoms with van der Waals surface area (Å²) >= 11 is 2.27. The molecule has 0 aliphatic carbocycles. The molecule has 2 aromatic carbocycles. The average molecular weight is 408 g/mol. The monoisotopic (exact) mass is 408 g/mol. The summed E-state index contributed by atoms with van der Waals surface area (Å²) in [6.45, 7) is 5.25. The number of nitrogens with zero attached hydrogens (tertiary/aromatic N) is 1. The highest BCUT2D eigenvalue weighted by atomic mass is 127.